The van der Waals surface area contributed by atoms with Crippen LogP contribution in [0.2, 0.25) is 0 Å². The lowest BCUT2D eigenvalue weighted by Crippen LogP contribution is -2.40. The van der Waals surface area contributed by atoms with Crippen LogP contribution in [0.15, 0.2) is 17.2 Å². The van der Waals surface area contributed by atoms with Crippen molar-refractivity contribution < 1.29 is 13.2 Å². The molecule has 0 radical (unpaired) electrons. The molecule has 22 heavy (non-hydrogen) atoms. The van der Waals surface area contributed by atoms with Gasteiger partial charge in [0.15, 0.2) is 0 Å². The second-order valence-corrected chi connectivity index (χ2v) is 8.00. The highest BCUT2D eigenvalue weighted by molar-refractivity contribution is 7.89. The Bertz CT molecular complexity index is 666. The monoisotopic (exact) mass is 328 g/mol. The summed E-state index contributed by atoms with van der Waals surface area (Å²) >= 11 is 0. The van der Waals surface area contributed by atoms with Gasteiger partial charge in [-0.3, -0.25) is 9.69 Å². The number of aryl methyl sites for hydroxylation is 1. The van der Waals surface area contributed by atoms with Crippen LogP contribution in [0.1, 0.15) is 31.3 Å². The first-order valence-corrected chi connectivity index (χ1v) is 8.82. The Balaban J connectivity index is 2.18. The highest BCUT2D eigenvalue weighted by atomic mass is 32.2. The number of primary amides is 1. The van der Waals surface area contributed by atoms with Crippen LogP contribution in [0.4, 0.5) is 0 Å². The van der Waals surface area contributed by atoms with Gasteiger partial charge >= 0.3 is 0 Å². The van der Waals surface area contributed by atoms with Crippen LogP contribution >= 0.6 is 0 Å². The summed E-state index contributed by atoms with van der Waals surface area (Å²) in [6, 6.07) is 1.56. The van der Waals surface area contributed by atoms with Gasteiger partial charge < -0.3 is 10.3 Å². The van der Waals surface area contributed by atoms with E-state index in [1.807, 2.05) is 6.92 Å². The minimum Gasteiger partial charge on any atom is -0.364 e. The Morgan fingerprint density at radius 3 is 2.50 bits per heavy atom. The van der Waals surface area contributed by atoms with E-state index in [0.29, 0.717) is 12.6 Å². The Morgan fingerprint density at radius 1 is 1.41 bits per heavy atom. The zero-order valence-electron chi connectivity index (χ0n) is 13.4. The van der Waals surface area contributed by atoms with Crippen LogP contribution in [0.25, 0.3) is 0 Å². The van der Waals surface area contributed by atoms with Gasteiger partial charge in [-0.25, -0.2) is 13.1 Å². The third-order valence-electron chi connectivity index (χ3n) is 4.22. The molecular weight excluding hydrogens is 304 g/mol. The number of carbonyl (C=O) groups is 1. The van der Waals surface area contributed by atoms with E-state index in [0.717, 1.165) is 6.54 Å². The second-order valence-electron chi connectivity index (χ2n) is 6.29. The summed E-state index contributed by atoms with van der Waals surface area (Å²) < 4.78 is 29.2. The fraction of sp³-hybridized carbons (Fsp3) is 0.643. The molecule has 0 spiro atoms. The first kappa shape index (κ1) is 17.0. The molecule has 1 aromatic rings. The normalized spacial score (nSPS) is 23.3. The summed E-state index contributed by atoms with van der Waals surface area (Å²) in [7, 11) is -2.07. The maximum Gasteiger partial charge on any atom is 0.265 e. The molecule has 2 rings (SSSR count). The zero-order valence-corrected chi connectivity index (χ0v) is 14.2. The molecule has 1 fully saturated rings. The fourth-order valence-corrected chi connectivity index (χ4v) is 4.18. The Kier molecular flexibility index (Phi) is 4.65. The standard InChI is InChI=1S/C14H24N4O3S/c1-9(2)18-6-10(3)12(8-18)16-22(20,21)11-5-13(14(15)19)17(4)7-11/h5,7,9-10,12,16H,6,8H2,1-4H3,(H2,15,19). The van der Waals surface area contributed by atoms with Crippen LogP contribution in [-0.4, -0.2) is 49.0 Å². The number of aromatic nitrogens is 1. The van der Waals surface area contributed by atoms with Crippen molar-refractivity contribution in [2.45, 2.75) is 37.8 Å². The van der Waals surface area contributed by atoms with E-state index < -0.39 is 15.9 Å². The van der Waals surface area contributed by atoms with E-state index in [-0.39, 0.29) is 22.5 Å². The molecule has 3 N–H and O–H groups in total. The lowest BCUT2D eigenvalue weighted by molar-refractivity contribution is 0.0992. The van der Waals surface area contributed by atoms with Gasteiger partial charge in [-0.1, -0.05) is 6.92 Å². The van der Waals surface area contributed by atoms with Crippen LogP contribution in [0.3, 0.4) is 0 Å². The number of hydrogen-bond acceptors (Lipinski definition) is 4. The molecule has 1 amide bonds. The van der Waals surface area contributed by atoms with Gasteiger partial charge in [-0.05, 0) is 25.8 Å². The summed E-state index contributed by atoms with van der Waals surface area (Å²) in [5.41, 5.74) is 5.40. The fourth-order valence-electron chi connectivity index (χ4n) is 2.77. The van der Waals surface area contributed by atoms with Crippen molar-refractivity contribution >= 4 is 15.9 Å². The molecule has 2 atom stereocenters. The number of sulfonamides is 1. The lowest BCUT2D eigenvalue weighted by Gasteiger charge is -2.20. The lowest BCUT2D eigenvalue weighted by atomic mass is 10.1. The highest BCUT2D eigenvalue weighted by Crippen LogP contribution is 2.21. The van der Waals surface area contributed by atoms with Crippen molar-refractivity contribution in [1.29, 1.82) is 0 Å². The van der Waals surface area contributed by atoms with E-state index in [4.69, 9.17) is 5.73 Å². The minimum absolute atomic E-state index is 0.0685. The molecule has 0 aliphatic carbocycles. The molecule has 1 aliphatic heterocycles. The number of likely N-dealkylation sites (tertiary alicyclic amines) is 1. The molecule has 8 heteroatoms. The van der Waals surface area contributed by atoms with Crippen molar-refractivity contribution in [3.05, 3.63) is 18.0 Å². The molecule has 0 aromatic carbocycles. The van der Waals surface area contributed by atoms with E-state index in [1.54, 1.807) is 7.05 Å². The number of nitrogens with zero attached hydrogens (tertiary/aromatic N) is 2. The molecule has 0 bridgehead atoms. The SMILES string of the molecule is CC1CN(C(C)C)CC1NS(=O)(=O)c1cc(C(N)=O)n(C)c1. The van der Waals surface area contributed by atoms with Gasteiger partial charge in [0.1, 0.15) is 10.6 Å². The predicted octanol–water partition coefficient (Wildman–Crippen LogP) is 0.131. The van der Waals surface area contributed by atoms with E-state index in [9.17, 15) is 13.2 Å². The number of hydrogen-bond donors (Lipinski definition) is 2. The molecular formula is C14H24N4O3S. The topological polar surface area (TPSA) is 97.4 Å². The summed E-state index contributed by atoms with van der Waals surface area (Å²) in [4.78, 5) is 13.6. The average Bonchev–Trinajstić information content (AvgIpc) is 2.94. The summed E-state index contributed by atoms with van der Waals surface area (Å²) in [5, 5.41) is 0. The van der Waals surface area contributed by atoms with Crippen molar-refractivity contribution in [2.24, 2.45) is 18.7 Å². The van der Waals surface area contributed by atoms with Gasteiger partial charge in [0, 0.05) is 38.4 Å². The molecule has 124 valence electrons. The van der Waals surface area contributed by atoms with Gasteiger partial charge in [0.05, 0.1) is 0 Å². The first-order chi connectivity index (χ1) is 10.1. The zero-order chi connectivity index (χ0) is 16.7. The maximum atomic E-state index is 12.5. The maximum absolute atomic E-state index is 12.5. The van der Waals surface area contributed by atoms with Gasteiger partial charge in [0.25, 0.3) is 5.91 Å². The number of nitrogens with two attached hydrogens (primary N) is 1. The van der Waals surface area contributed by atoms with Crippen LogP contribution in [-0.2, 0) is 17.1 Å². The quantitative estimate of drug-likeness (QED) is 0.803. The first-order valence-electron chi connectivity index (χ1n) is 7.34. The van der Waals surface area contributed by atoms with Crippen molar-refractivity contribution in [1.82, 2.24) is 14.2 Å². The average molecular weight is 328 g/mol. The van der Waals surface area contributed by atoms with Crippen LogP contribution in [0, 0.1) is 5.92 Å². The van der Waals surface area contributed by atoms with Crippen molar-refractivity contribution in [3.63, 3.8) is 0 Å². The Labute approximate surface area is 131 Å². The molecule has 0 saturated carbocycles. The molecule has 1 aromatic heterocycles. The number of rotatable bonds is 5. The van der Waals surface area contributed by atoms with E-state index in [2.05, 4.69) is 23.5 Å². The summed E-state index contributed by atoms with van der Waals surface area (Å²) in [6.45, 7) is 7.79. The van der Waals surface area contributed by atoms with Gasteiger partial charge in [-0.15, -0.1) is 0 Å². The largest absolute Gasteiger partial charge is 0.364 e. The third kappa shape index (κ3) is 3.34. The third-order valence-corrected chi connectivity index (χ3v) is 5.68. The number of amides is 1. The van der Waals surface area contributed by atoms with E-state index >= 15 is 0 Å². The van der Waals surface area contributed by atoms with Crippen LogP contribution < -0.4 is 10.5 Å². The molecule has 1 aliphatic rings. The summed E-state index contributed by atoms with van der Waals surface area (Å²) in [5.74, 6) is -0.416. The van der Waals surface area contributed by atoms with Gasteiger partial charge in [-0.2, -0.15) is 0 Å². The van der Waals surface area contributed by atoms with Gasteiger partial charge in [0.2, 0.25) is 10.0 Å². The van der Waals surface area contributed by atoms with Crippen molar-refractivity contribution in [3.8, 4) is 0 Å². The van der Waals surface area contributed by atoms with Crippen LogP contribution in [0.5, 0.6) is 0 Å². The molecule has 2 heterocycles. The smallest absolute Gasteiger partial charge is 0.265 e. The molecule has 2 unspecified atom stereocenters. The Morgan fingerprint density at radius 2 is 2.05 bits per heavy atom. The van der Waals surface area contributed by atoms with E-state index in [1.165, 1.54) is 16.8 Å². The Hall–Kier alpha value is -1.38. The van der Waals surface area contributed by atoms with Crippen molar-refractivity contribution in [2.75, 3.05) is 13.1 Å². The summed E-state index contributed by atoms with van der Waals surface area (Å²) in [6.07, 6.45) is 1.41. The molecule has 1 saturated heterocycles. The predicted molar refractivity (Wildman–Crippen MR) is 83.9 cm³/mol. The second kappa shape index (κ2) is 6.02. The minimum atomic E-state index is -3.67. The number of carbonyl (C=O) groups excluding carboxylic acids is 1. The highest BCUT2D eigenvalue weighted by Gasteiger charge is 2.34. The number of nitrogens with one attached hydrogen (secondary N) is 1. The molecule has 7 nitrogen and oxygen atoms in total.